The Morgan fingerprint density at radius 3 is 2.55 bits per heavy atom. The van der Waals surface area contributed by atoms with E-state index in [1.54, 1.807) is 5.92 Å². The number of nitrogens with two attached hydrogens (primary N) is 1. The second kappa shape index (κ2) is 8.79. The van der Waals surface area contributed by atoms with E-state index >= 15 is 4.39 Å². The largest absolute Gasteiger partial charge is 0.490 e. The van der Waals surface area contributed by atoms with Gasteiger partial charge in [-0.3, -0.25) is 4.52 Å². The third-order valence-corrected chi connectivity index (χ3v) is 8.04. The SMILES string of the molecule is C#C[C@@]1(F)[C@H](O)[C@@H](COP(=O)(O)OP(=O)(O)OP(=O)(O)O)O[C@H]1c1cnc2c(N)ccnn12. The number of nitrogen functional groups attached to an aromatic ring is 1. The summed E-state index contributed by atoms with van der Waals surface area (Å²) in [5.41, 5.74) is 3.09. The quantitative estimate of drug-likeness (QED) is 0.190. The maximum atomic E-state index is 15.5. The Morgan fingerprint density at radius 2 is 1.94 bits per heavy atom. The number of aromatic nitrogens is 3. The highest BCUT2D eigenvalue weighted by atomic mass is 31.3. The van der Waals surface area contributed by atoms with Crippen LogP contribution in [0.15, 0.2) is 18.5 Å². The number of fused-ring (bicyclic) bond motifs is 1. The molecular formula is C13H16FN4O12P3. The molecule has 0 bridgehead atoms. The number of aliphatic hydroxyl groups excluding tert-OH is 1. The Hall–Kier alpha value is -1.76. The molecule has 16 nitrogen and oxygen atoms in total. The van der Waals surface area contributed by atoms with Gasteiger partial charge in [0.05, 0.1) is 30.4 Å². The fourth-order valence-corrected chi connectivity index (χ4v) is 5.96. The molecule has 6 atom stereocenters. The van der Waals surface area contributed by atoms with Crippen LogP contribution in [0.4, 0.5) is 10.1 Å². The number of terminal acetylenes is 1. The third-order valence-electron chi connectivity index (χ3n) is 4.24. The molecule has 0 aromatic carbocycles. The lowest BCUT2D eigenvalue weighted by molar-refractivity contribution is -0.0238. The summed E-state index contributed by atoms with van der Waals surface area (Å²) in [6, 6.07) is 1.42. The average molecular weight is 532 g/mol. The van der Waals surface area contributed by atoms with Crippen LogP contribution in [0.2, 0.25) is 0 Å². The number of nitrogens with zero attached hydrogens (tertiary/aromatic N) is 3. The highest BCUT2D eigenvalue weighted by Gasteiger charge is 2.58. The first-order valence-corrected chi connectivity index (χ1v) is 13.0. The van der Waals surface area contributed by atoms with Crippen LogP contribution in [-0.2, 0) is 31.6 Å². The number of phosphoric ester groups is 1. The van der Waals surface area contributed by atoms with Crippen LogP contribution in [0.25, 0.3) is 5.65 Å². The normalized spacial score (nSPS) is 29.4. The molecule has 3 heterocycles. The molecule has 2 unspecified atom stereocenters. The summed E-state index contributed by atoms with van der Waals surface area (Å²) in [5.74, 6) is 1.75. The van der Waals surface area contributed by atoms with Crippen molar-refractivity contribution in [2.75, 3.05) is 12.3 Å². The predicted octanol–water partition coefficient (Wildman–Crippen LogP) is -0.203. The minimum atomic E-state index is -5.77. The van der Waals surface area contributed by atoms with Gasteiger partial charge in [-0.25, -0.2) is 27.6 Å². The molecular weight excluding hydrogens is 516 g/mol. The van der Waals surface area contributed by atoms with Gasteiger partial charge in [0.15, 0.2) is 5.65 Å². The van der Waals surface area contributed by atoms with Crippen LogP contribution in [0.5, 0.6) is 0 Å². The van der Waals surface area contributed by atoms with E-state index in [9.17, 15) is 23.7 Å². The summed E-state index contributed by atoms with van der Waals surface area (Å²) in [6.07, 6.45) is 2.07. The van der Waals surface area contributed by atoms with E-state index in [1.165, 1.54) is 12.3 Å². The number of hydrogen-bond acceptors (Lipinski definition) is 11. The Labute approximate surface area is 183 Å². The van der Waals surface area contributed by atoms with Gasteiger partial charge in [-0.15, -0.1) is 6.42 Å². The Morgan fingerprint density at radius 1 is 1.27 bits per heavy atom. The second-order valence-corrected chi connectivity index (χ2v) is 10.9. The Kier molecular flexibility index (Phi) is 6.89. The average Bonchev–Trinajstić information content (AvgIpc) is 3.18. The number of hydrogen-bond donors (Lipinski definition) is 6. The molecule has 0 radical (unpaired) electrons. The molecule has 0 spiro atoms. The van der Waals surface area contributed by atoms with Crippen LogP contribution < -0.4 is 5.73 Å². The first kappa shape index (κ1) is 25.9. The highest BCUT2D eigenvalue weighted by molar-refractivity contribution is 7.66. The van der Waals surface area contributed by atoms with Crippen molar-refractivity contribution in [2.24, 2.45) is 0 Å². The van der Waals surface area contributed by atoms with Gasteiger partial charge in [0.25, 0.3) is 0 Å². The third kappa shape index (κ3) is 5.50. The van der Waals surface area contributed by atoms with Crippen LogP contribution in [0, 0.1) is 12.3 Å². The standard InChI is InChI=1S/C13H16FN4O12P3/c1-2-13(14)10(19)9(6-27-32(23,24)30-33(25,26)29-31(20,21)22)28-11(13)8-5-16-12-7(15)3-4-17-18(8)12/h1,3-5,9-11,19H,6,15H2,(H,23,24)(H,25,26)(H2,20,21,22)/t9-,10-,11+,13-/m1/s1. The number of rotatable bonds is 8. The van der Waals surface area contributed by atoms with E-state index < -0.39 is 54.1 Å². The molecule has 20 heteroatoms. The van der Waals surface area contributed by atoms with Gasteiger partial charge in [0, 0.05) is 0 Å². The smallest absolute Gasteiger partial charge is 0.396 e. The first-order chi connectivity index (χ1) is 15.1. The molecule has 33 heavy (non-hydrogen) atoms. The van der Waals surface area contributed by atoms with Gasteiger partial charge >= 0.3 is 23.5 Å². The minimum Gasteiger partial charge on any atom is -0.396 e. The molecule has 1 saturated heterocycles. The molecule has 0 aliphatic carbocycles. The van der Waals surface area contributed by atoms with Crippen molar-refractivity contribution in [2.45, 2.75) is 24.0 Å². The Bertz CT molecular complexity index is 1240. The summed E-state index contributed by atoms with van der Waals surface area (Å²) in [7, 11) is -16.9. The lowest BCUT2D eigenvalue weighted by Crippen LogP contribution is -2.41. The second-order valence-electron chi connectivity index (χ2n) is 6.50. The highest BCUT2D eigenvalue weighted by Crippen LogP contribution is 2.66. The van der Waals surface area contributed by atoms with E-state index in [1.807, 2.05) is 0 Å². The predicted molar refractivity (Wildman–Crippen MR) is 104 cm³/mol. The number of halogens is 1. The molecule has 7 N–H and O–H groups in total. The van der Waals surface area contributed by atoms with E-state index in [0.717, 1.165) is 10.7 Å². The topological polar surface area (TPSA) is 245 Å². The van der Waals surface area contributed by atoms with Gasteiger partial charge in [-0.05, 0) is 6.07 Å². The van der Waals surface area contributed by atoms with Gasteiger partial charge in [-0.2, -0.15) is 13.7 Å². The lowest BCUT2D eigenvalue weighted by Gasteiger charge is -2.22. The first-order valence-electron chi connectivity index (χ1n) is 8.45. The zero-order valence-corrected chi connectivity index (χ0v) is 18.7. The van der Waals surface area contributed by atoms with Gasteiger partial charge in [-0.1, -0.05) is 5.92 Å². The molecule has 1 aliphatic rings. The molecule has 182 valence electrons. The molecule has 1 aliphatic heterocycles. The zero-order chi connectivity index (χ0) is 24.8. The van der Waals surface area contributed by atoms with Crippen molar-refractivity contribution in [3.05, 3.63) is 24.2 Å². The van der Waals surface area contributed by atoms with Crippen molar-refractivity contribution in [1.82, 2.24) is 14.6 Å². The van der Waals surface area contributed by atoms with Crippen LogP contribution in [-0.4, -0.2) is 63.8 Å². The van der Waals surface area contributed by atoms with Crippen molar-refractivity contribution in [1.29, 1.82) is 0 Å². The van der Waals surface area contributed by atoms with Crippen LogP contribution in [0.3, 0.4) is 0 Å². The van der Waals surface area contributed by atoms with E-state index in [0.29, 0.717) is 0 Å². The number of ether oxygens (including phenoxy) is 1. The van der Waals surface area contributed by atoms with E-state index in [4.69, 9.17) is 31.6 Å². The molecule has 2 aromatic rings. The van der Waals surface area contributed by atoms with Crippen molar-refractivity contribution in [3.63, 3.8) is 0 Å². The summed E-state index contributed by atoms with van der Waals surface area (Å²) in [4.78, 5) is 39.7. The molecule has 3 rings (SSSR count). The monoisotopic (exact) mass is 532 g/mol. The van der Waals surface area contributed by atoms with Crippen molar-refractivity contribution in [3.8, 4) is 12.3 Å². The Balaban J connectivity index is 1.79. The fraction of sp³-hybridized carbons (Fsp3) is 0.385. The van der Waals surface area contributed by atoms with Crippen molar-refractivity contribution < 1.29 is 60.6 Å². The number of phosphoric acid groups is 3. The van der Waals surface area contributed by atoms with Crippen LogP contribution >= 0.6 is 23.5 Å². The minimum absolute atomic E-state index is 0.0716. The number of aliphatic hydroxyl groups is 1. The van der Waals surface area contributed by atoms with Gasteiger partial charge in [0.1, 0.15) is 18.3 Å². The molecule has 0 amide bonds. The summed E-state index contributed by atoms with van der Waals surface area (Å²) < 4.78 is 67.4. The van der Waals surface area contributed by atoms with E-state index in [2.05, 4.69) is 23.2 Å². The maximum Gasteiger partial charge on any atom is 0.490 e. The fourth-order valence-electron chi connectivity index (χ4n) is 2.93. The number of imidazole rings is 1. The van der Waals surface area contributed by atoms with Gasteiger partial charge < -0.3 is 35.2 Å². The van der Waals surface area contributed by atoms with Crippen LogP contribution in [0.1, 0.15) is 11.8 Å². The lowest BCUT2D eigenvalue weighted by atomic mass is 9.92. The molecule has 0 saturated carbocycles. The summed E-state index contributed by atoms with van der Waals surface area (Å²) in [5, 5.41) is 14.3. The van der Waals surface area contributed by atoms with Crippen molar-refractivity contribution >= 4 is 34.8 Å². The maximum absolute atomic E-state index is 15.5. The van der Waals surface area contributed by atoms with Gasteiger partial charge in [0.2, 0.25) is 5.67 Å². The zero-order valence-electron chi connectivity index (χ0n) is 16.0. The summed E-state index contributed by atoms with van der Waals surface area (Å²) in [6.45, 7) is -1.12. The molecule has 1 fully saturated rings. The van der Waals surface area contributed by atoms with E-state index in [-0.39, 0.29) is 17.0 Å². The summed E-state index contributed by atoms with van der Waals surface area (Å²) >= 11 is 0. The number of anilines is 1. The molecule has 2 aromatic heterocycles. The number of alkyl halides is 1.